The number of anilines is 2. The van der Waals surface area contributed by atoms with Gasteiger partial charge in [0.2, 0.25) is 0 Å². The minimum absolute atomic E-state index is 0.0342. The van der Waals surface area contributed by atoms with Crippen LogP contribution < -0.4 is 16.4 Å². The summed E-state index contributed by atoms with van der Waals surface area (Å²) in [5, 5.41) is 6.73. The van der Waals surface area contributed by atoms with Gasteiger partial charge in [-0.25, -0.2) is 4.98 Å². The molecular weight excluding hydrogens is 272 g/mol. The van der Waals surface area contributed by atoms with Gasteiger partial charge in [-0.2, -0.15) is 0 Å². The summed E-state index contributed by atoms with van der Waals surface area (Å²) in [6, 6.07) is -0.0342. The molecule has 0 saturated heterocycles. The third-order valence-corrected chi connectivity index (χ3v) is 3.52. The number of nitrogens with two attached hydrogens (primary N) is 1. The van der Waals surface area contributed by atoms with Gasteiger partial charge < -0.3 is 16.4 Å². The van der Waals surface area contributed by atoms with Crippen LogP contribution in [-0.4, -0.2) is 22.5 Å². The molecule has 0 bridgehead atoms. The smallest absolute Gasteiger partial charge is 0.265 e. The molecule has 1 amide bonds. The second kappa shape index (κ2) is 6.62. The predicted molar refractivity (Wildman–Crippen MR) is 84.9 cm³/mol. The first-order chi connectivity index (χ1) is 9.26. The normalized spacial score (nSPS) is 12.6. The lowest BCUT2D eigenvalue weighted by Crippen LogP contribution is -2.34. The number of nitrogens with one attached hydrogen (secondary N) is 2. The Morgan fingerprint density at radius 3 is 2.70 bits per heavy atom. The lowest BCUT2D eigenvalue weighted by molar-refractivity contribution is 0.0941. The highest BCUT2D eigenvalue weighted by Crippen LogP contribution is 2.27. The summed E-state index contributed by atoms with van der Waals surface area (Å²) in [6.07, 6.45) is 6.56. The number of carbonyl (C=O) groups excluding carboxylic acids is 1. The predicted octanol–water partition coefficient (Wildman–Crippen LogP) is 2.47. The van der Waals surface area contributed by atoms with Gasteiger partial charge in [0, 0.05) is 18.0 Å². The highest BCUT2D eigenvalue weighted by molar-refractivity contribution is 7.18. The minimum atomic E-state index is -0.218. The number of nitrogens with zero attached hydrogens (tertiary/aromatic N) is 1. The number of hydrogen-bond acceptors (Lipinski definition) is 5. The summed E-state index contributed by atoms with van der Waals surface area (Å²) in [5.41, 5.74) is 5.68. The largest absolute Gasteiger partial charge is 0.382 e. The number of rotatable bonds is 5. The third kappa shape index (κ3) is 4.74. The topological polar surface area (TPSA) is 80.0 Å². The van der Waals surface area contributed by atoms with Crippen molar-refractivity contribution >= 4 is 28.2 Å². The van der Waals surface area contributed by atoms with Crippen LogP contribution in [0.2, 0.25) is 0 Å². The van der Waals surface area contributed by atoms with Gasteiger partial charge in [0.1, 0.15) is 10.7 Å². The van der Waals surface area contributed by atoms with Crippen LogP contribution in [0.1, 0.15) is 50.2 Å². The van der Waals surface area contributed by atoms with Crippen molar-refractivity contribution in [3.05, 3.63) is 4.88 Å². The zero-order valence-electron chi connectivity index (χ0n) is 12.4. The first-order valence-electron chi connectivity index (χ1n) is 6.55. The first-order valence-corrected chi connectivity index (χ1v) is 7.37. The molecule has 0 aliphatic carbocycles. The fourth-order valence-corrected chi connectivity index (χ4v) is 2.56. The molecule has 1 atom stereocenters. The molecule has 5 nitrogen and oxygen atoms in total. The average Bonchev–Trinajstić information content (AvgIpc) is 2.67. The average molecular weight is 294 g/mol. The molecule has 1 heterocycles. The van der Waals surface area contributed by atoms with E-state index in [1.807, 2.05) is 27.7 Å². The van der Waals surface area contributed by atoms with Crippen LogP contribution in [-0.2, 0) is 0 Å². The third-order valence-electron chi connectivity index (χ3n) is 2.53. The molecule has 4 N–H and O–H groups in total. The second-order valence-corrected chi connectivity index (χ2v) is 6.59. The van der Waals surface area contributed by atoms with Crippen LogP contribution in [0.5, 0.6) is 0 Å². The fourth-order valence-electron chi connectivity index (χ4n) is 1.56. The number of aromatic nitrogens is 1. The summed E-state index contributed by atoms with van der Waals surface area (Å²) in [7, 11) is 0. The van der Waals surface area contributed by atoms with Crippen LogP contribution in [0.3, 0.4) is 0 Å². The summed E-state index contributed by atoms with van der Waals surface area (Å²) in [4.78, 5) is 16.8. The van der Waals surface area contributed by atoms with E-state index in [0.29, 0.717) is 16.4 Å². The standard InChI is InChI=1S/C14H22N4OS/c1-6-8-9(7-2)16-12(19)10-11(15)17-13(20-10)18-14(3,4)5/h1,9H,7-8,15H2,2-5H3,(H,16,19)(H,17,18). The summed E-state index contributed by atoms with van der Waals surface area (Å²) in [6.45, 7) is 8.03. The van der Waals surface area contributed by atoms with Crippen molar-refractivity contribution in [3.8, 4) is 12.3 Å². The van der Waals surface area contributed by atoms with Crippen molar-refractivity contribution in [1.29, 1.82) is 0 Å². The molecule has 0 fully saturated rings. The lowest BCUT2D eigenvalue weighted by atomic mass is 10.1. The number of terminal acetylenes is 1. The molecule has 1 aromatic rings. The van der Waals surface area contributed by atoms with E-state index in [4.69, 9.17) is 12.2 Å². The molecule has 1 unspecified atom stereocenters. The highest BCUT2D eigenvalue weighted by atomic mass is 32.1. The molecule has 0 aliphatic rings. The van der Waals surface area contributed by atoms with E-state index < -0.39 is 0 Å². The quantitative estimate of drug-likeness (QED) is 0.729. The maximum Gasteiger partial charge on any atom is 0.265 e. The van der Waals surface area contributed by atoms with Crippen LogP contribution in [0.15, 0.2) is 0 Å². The molecule has 110 valence electrons. The number of carbonyl (C=O) groups is 1. The molecule has 0 spiro atoms. The van der Waals surface area contributed by atoms with E-state index in [1.165, 1.54) is 11.3 Å². The van der Waals surface area contributed by atoms with Crippen molar-refractivity contribution in [2.45, 2.75) is 52.1 Å². The summed E-state index contributed by atoms with van der Waals surface area (Å²) in [5.74, 6) is 2.58. The van der Waals surface area contributed by atoms with E-state index >= 15 is 0 Å². The van der Waals surface area contributed by atoms with E-state index in [2.05, 4.69) is 21.5 Å². The number of amides is 1. The van der Waals surface area contributed by atoms with Gasteiger partial charge in [0.05, 0.1) is 0 Å². The van der Waals surface area contributed by atoms with Gasteiger partial charge in [0.15, 0.2) is 5.13 Å². The Bertz CT molecular complexity index is 510. The van der Waals surface area contributed by atoms with Crippen molar-refractivity contribution < 1.29 is 4.79 Å². The Labute approximate surface area is 124 Å². The molecule has 0 saturated carbocycles. The summed E-state index contributed by atoms with van der Waals surface area (Å²) < 4.78 is 0. The van der Waals surface area contributed by atoms with Crippen molar-refractivity contribution in [2.75, 3.05) is 11.1 Å². The Balaban J connectivity index is 2.81. The van der Waals surface area contributed by atoms with E-state index in [0.717, 1.165) is 6.42 Å². The molecular formula is C14H22N4OS. The van der Waals surface area contributed by atoms with Gasteiger partial charge in [0.25, 0.3) is 5.91 Å². The van der Waals surface area contributed by atoms with Crippen LogP contribution in [0.4, 0.5) is 10.9 Å². The van der Waals surface area contributed by atoms with E-state index in [-0.39, 0.29) is 23.3 Å². The highest BCUT2D eigenvalue weighted by Gasteiger charge is 2.20. The van der Waals surface area contributed by atoms with Crippen LogP contribution in [0.25, 0.3) is 0 Å². The Kier molecular flexibility index (Phi) is 5.40. The molecule has 20 heavy (non-hydrogen) atoms. The summed E-state index contributed by atoms with van der Waals surface area (Å²) >= 11 is 1.25. The van der Waals surface area contributed by atoms with E-state index in [1.54, 1.807) is 0 Å². The number of thiazole rings is 1. The lowest BCUT2D eigenvalue weighted by Gasteiger charge is -2.19. The fraction of sp³-hybridized carbons (Fsp3) is 0.571. The molecule has 0 radical (unpaired) electrons. The van der Waals surface area contributed by atoms with Crippen molar-refractivity contribution in [2.24, 2.45) is 0 Å². The van der Waals surface area contributed by atoms with Crippen molar-refractivity contribution in [1.82, 2.24) is 10.3 Å². The Morgan fingerprint density at radius 2 is 2.20 bits per heavy atom. The van der Waals surface area contributed by atoms with Crippen LogP contribution in [0, 0.1) is 12.3 Å². The molecule has 1 rings (SSSR count). The molecule has 6 heteroatoms. The monoisotopic (exact) mass is 294 g/mol. The second-order valence-electron chi connectivity index (χ2n) is 5.60. The molecule has 0 aliphatic heterocycles. The van der Waals surface area contributed by atoms with E-state index in [9.17, 15) is 4.79 Å². The van der Waals surface area contributed by atoms with Gasteiger partial charge in [-0.3, -0.25) is 4.79 Å². The van der Waals surface area contributed by atoms with Gasteiger partial charge in [-0.05, 0) is 27.2 Å². The molecule has 1 aromatic heterocycles. The van der Waals surface area contributed by atoms with Gasteiger partial charge in [-0.15, -0.1) is 12.3 Å². The Hall–Kier alpha value is -1.74. The first kappa shape index (κ1) is 16.3. The van der Waals surface area contributed by atoms with Gasteiger partial charge in [-0.1, -0.05) is 18.3 Å². The number of hydrogen-bond donors (Lipinski definition) is 3. The zero-order chi connectivity index (χ0) is 15.3. The van der Waals surface area contributed by atoms with Crippen LogP contribution >= 0.6 is 11.3 Å². The van der Waals surface area contributed by atoms with Crippen molar-refractivity contribution in [3.63, 3.8) is 0 Å². The zero-order valence-corrected chi connectivity index (χ0v) is 13.2. The SMILES string of the molecule is C#CCC(CC)NC(=O)c1sc(NC(C)(C)C)nc1N. The maximum atomic E-state index is 12.2. The van der Waals surface area contributed by atoms with Gasteiger partial charge >= 0.3 is 0 Å². The molecule has 0 aromatic carbocycles. The number of nitrogen functional groups attached to an aromatic ring is 1. The minimum Gasteiger partial charge on any atom is -0.382 e. The maximum absolute atomic E-state index is 12.2. The Morgan fingerprint density at radius 1 is 1.55 bits per heavy atom.